The first-order chi connectivity index (χ1) is 9.97. The van der Waals surface area contributed by atoms with Gasteiger partial charge in [-0.1, -0.05) is 24.3 Å². The topological polar surface area (TPSA) is 72.2 Å². The summed E-state index contributed by atoms with van der Waals surface area (Å²) in [4.78, 5) is 0.342. The standard InChI is InChI=1S/C16H18N2O2S/c1-11-4-2-3-5-16(11)21(19,20)18-15-9-6-12-10-13(17)7-8-14(12)15/h2-5,7-8,10,15,18H,6,9,17H2,1H3. The van der Waals surface area contributed by atoms with Crippen molar-refractivity contribution < 1.29 is 8.42 Å². The van der Waals surface area contributed by atoms with Crippen molar-refractivity contribution in [2.24, 2.45) is 0 Å². The number of rotatable bonds is 3. The number of benzene rings is 2. The third-order valence-corrected chi connectivity index (χ3v) is 5.56. The maximum Gasteiger partial charge on any atom is 0.241 e. The van der Waals surface area contributed by atoms with Crippen molar-refractivity contribution in [2.45, 2.75) is 30.7 Å². The van der Waals surface area contributed by atoms with Crippen LogP contribution in [-0.2, 0) is 16.4 Å². The van der Waals surface area contributed by atoms with Gasteiger partial charge in [0, 0.05) is 11.7 Å². The minimum Gasteiger partial charge on any atom is -0.399 e. The Labute approximate surface area is 125 Å². The van der Waals surface area contributed by atoms with Crippen molar-refractivity contribution in [3.05, 3.63) is 59.2 Å². The first kappa shape index (κ1) is 14.1. The van der Waals surface area contributed by atoms with Gasteiger partial charge in [-0.3, -0.25) is 0 Å². The van der Waals surface area contributed by atoms with Crippen molar-refractivity contribution in [1.29, 1.82) is 0 Å². The molecule has 0 aromatic heterocycles. The molecule has 2 aromatic carbocycles. The van der Waals surface area contributed by atoms with Crippen LogP contribution in [0.4, 0.5) is 5.69 Å². The third-order valence-electron chi connectivity index (χ3n) is 3.93. The third kappa shape index (κ3) is 2.66. The first-order valence-corrected chi connectivity index (χ1v) is 8.42. The van der Waals surface area contributed by atoms with E-state index in [1.165, 1.54) is 0 Å². The number of hydrogen-bond acceptors (Lipinski definition) is 3. The summed E-state index contributed by atoms with van der Waals surface area (Å²) in [5.74, 6) is 0. The van der Waals surface area contributed by atoms with E-state index in [2.05, 4.69) is 4.72 Å². The molecule has 3 N–H and O–H groups in total. The molecular weight excluding hydrogens is 284 g/mol. The van der Waals surface area contributed by atoms with Crippen molar-refractivity contribution in [2.75, 3.05) is 5.73 Å². The summed E-state index contributed by atoms with van der Waals surface area (Å²) in [7, 11) is -3.51. The fraction of sp³-hybridized carbons (Fsp3) is 0.250. The van der Waals surface area contributed by atoms with Crippen molar-refractivity contribution in [3.63, 3.8) is 0 Å². The average molecular weight is 302 g/mol. The van der Waals surface area contributed by atoms with E-state index in [0.29, 0.717) is 4.90 Å². The van der Waals surface area contributed by atoms with Crippen LogP contribution < -0.4 is 10.5 Å². The second kappa shape index (κ2) is 5.16. The molecule has 0 fully saturated rings. The maximum absolute atomic E-state index is 12.5. The molecule has 0 radical (unpaired) electrons. The van der Waals surface area contributed by atoms with Gasteiger partial charge >= 0.3 is 0 Å². The molecule has 1 aliphatic carbocycles. The van der Waals surface area contributed by atoms with Crippen LogP contribution in [0.15, 0.2) is 47.4 Å². The van der Waals surface area contributed by atoms with Gasteiger partial charge in [-0.05, 0) is 54.7 Å². The lowest BCUT2D eigenvalue weighted by atomic mass is 10.1. The molecule has 0 saturated heterocycles. The van der Waals surface area contributed by atoms with Crippen LogP contribution in [0.3, 0.4) is 0 Å². The van der Waals surface area contributed by atoms with Crippen molar-refractivity contribution in [3.8, 4) is 0 Å². The van der Waals surface area contributed by atoms with E-state index in [0.717, 1.165) is 35.2 Å². The van der Waals surface area contributed by atoms with Crippen LogP contribution in [0.25, 0.3) is 0 Å². The van der Waals surface area contributed by atoms with Gasteiger partial charge in [-0.25, -0.2) is 13.1 Å². The molecule has 21 heavy (non-hydrogen) atoms. The van der Waals surface area contributed by atoms with Gasteiger partial charge < -0.3 is 5.73 Å². The van der Waals surface area contributed by atoms with E-state index in [1.54, 1.807) is 25.1 Å². The number of sulfonamides is 1. The summed E-state index contributed by atoms with van der Waals surface area (Å²) < 4.78 is 27.9. The fourth-order valence-corrected chi connectivity index (χ4v) is 4.36. The van der Waals surface area contributed by atoms with Crippen LogP contribution in [0.5, 0.6) is 0 Å². The molecule has 3 rings (SSSR count). The predicted octanol–water partition coefficient (Wildman–Crippen LogP) is 2.54. The van der Waals surface area contributed by atoms with Gasteiger partial charge in [0.2, 0.25) is 10.0 Å². The Morgan fingerprint density at radius 3 is 2.71 bits per heavy atom. The smallest absolute Gasteiger partial charge is 0.241 e. The molecule has 0 amide bonds. The molecular formula is C16H18N2O2S. The zero-order valence-electron chi connectivity index (χ0n) is 11.8. The lowest BCUT2D eigenvalue weighted by molar-refractivity contribution is 0.554. The fourth-order valence-electron chi connectivity index (χ4n) is 2.87. The Morgan fingerprint density at radius 1 is 1.19 bits per heavy atom. The van der Waals surface area contributed by atoms with Gasteiger partial charge in [-0.2, -0.15) is 0 Å². The molecule has 1 atom stereocenters. The summed E-state index contributed by atoms with van der Waals surface area (Å²) >= 11 is 0. The molecule has 1 aliphatic rings. The van der Waals surface area contributed by atoms with Crippen LogP contribution in [0.1, 0.15) is 29.2 Å². The summed E-state index contributed by atoms with van der Waals surface area (Å²) in [6, 6.07) is 12.5. The number of anilines is 1. The zero-order chi connectivity index (χ0) is 15.0. The predicted molar refractivity (Wildman–Crippen MR) is 83.4 cm³/mol. The molecule has 0 spiro atoms. The van der Waals surface area contributed by atoms with Crippen LogP contribution in [-0.4, -0.2) is 8.42 Å². The number of fused-ring (bicyclic) bond motifs is 1. The van der Waals surface area contributed by atoms with Crippen molar-refractivity contribution >= 4 is 15.7 Å². The second-order valence-electron chi connectivity index (χ2n) is 5.44. The summed E-state index contributed by atoms with van der Waals surface area (Å²) in [5, 5.41) is 0. The van der Waals surface area contributed by atoms with Crippen molar-refractivity contribution in [1.82, 2.24) is 4.72 Å². The van der Waals surface area contributed by atoms with Gasteiger partial charge in [-0.15, -0.1) is 0 Å². The highest BCUT2D eigenvalue weighted by atomic mass is 32.2. The van der Waals surface area contributed by atoms with Gasteiger partial charge in [0.1, 0.15) is 0 Å². The highest BCUT2D eigenvalue weighted by Crippen LogP contribution is 2.33. The van der Waals surface area contributed by atoms with E-state index >= 15 is 0 Å². The lowest BCUT2D eigenvalue weighted by Gasteiger charge is -2.15. The second-order valence-corrected chi connectivity index (χ2v) is 7.12. The molecule has 0 bridgehead atoms. The largest absolute Gasteiger partial charge is 0.399 e. The molecule has 2 aromatic rings. The van der Waals surface area contributed by atoms with E-state index in [-0.39, 0.29) is 6.04 Å². The number of nitrogen functional groups attached to an aromatic ring is 1. The molecule has 0 heterocycles. The van der Waals surface area contributed by atoms with Gasteiger partial charge in [0.15, 0.2) is 0 Å². The molecule has 1 unspecified atom stereocenters. The van der Waals surface area contributed by atoms with Crippen LogP contribution in [0, 0.1) is 6.92 Å². The molecule has 0 saturated carbocycles. The zero-order valence-corrected chi connectivity index (χ0v) is 12.7. The van der Waals surface area contributed by atoms with Gasteiger partial charge in [0.25, 0.3) is 0 Å². The molecule has 110 valence electrons. The maximum atomic E-state index is 12.5. The quantitative estimate of drug-likeness (QED) is 0.856. The Kier molecular flexibility index (Phi) is 3.47. The number of hydrogen-bond donors (Lipinski definition) is 2. The van der Waals surface area contributed by atoms with E-state index < -0.39 is 10.0 Å². The van der Waals surface area contributed by atoms with Gasteiger partial charge in [0.05, 0.1) is 4.90 Å². The lowest BCUT2D eigenvalue weighted by Crippen LogP contribution is -2.27. The average Bonchev–Trinajstić information content (AvgIpc) is 2.80. The summed E-state index contributed by atoms with van der Waals surface area (Å²) in [6.45, 7) is 1.80. The summed E-state index contributed by atoms with van der Waals surface area (Å²) in [5.41, 5.74) is 9.41. The van der Waals surface area contributed by atoms with E-state index in [4.69, 9.17) is 5.73 Å². The highest BCUT2D eigenvalue weighted by molar-refractivity contribution is 7.89. The minimum atomic E-state index is -3.51. The minimum absolute atomic E-state index is 0.176. The highest BCUT2D eigenvalue weighted by Gasteiger charge is 2.28. The van der Waals surface area contributed by atoms with Crippen LogP contribution >= 0.6 is 0 Å². The number of nitrogens with one attached hydrogen (secondary N) is 1. The van der Waals surface area contributed by atoms with Crippen LogP contribution in [0.2, 0.25) is 0 Å². The monoisotopic (exact) mass is 302 g/mol. The summed E-state index contributed by atoms with van der Waals surface area (Å²) in [6.07, 6.45) is 1.62. The molecule has 0 aliphatic heterocycles. The Balaban J connectivity index is 1.91. The SMILES string of the molecule is Cc1ccccc1S(=O)(=O)NC1CCc2cc(N)ccc21. The normalized spacial score (nSPS) is 17.7. The van der Waals surface area contributed by atoms with E-state index in [1.807, 2.05) is 24.3 Å². The Bertz CT molecular complexity index is 785. The molecule has 5 heteroatoms. The molecule has 4 nitrogen and oxygen atoms in total. The van der Waals surface area contributed by atoms with E-state index in [9.17, 15) is 8.42 Å². The first-order valence-electron chi connectivity index (χ1n) is 6.93. The Morgan fingerprint density at radius 2 is 1.95 bits per heavy atom. The number of nitrogens with two attached hydrogens (primary N) is 1. The Hall–Kier alpha value is -1.85. The number of aryl methyl sites for hydroxylation is 2.